The standard InChI is InChI=1S/C24H23BrN8/c1-28-22-19(25)13-21(33-11-3-10-30-33)31-24(22)32(14-16-4-2-9-29-23(16)27)17-6-7-18-15(12-17)5-8-20(18)26/h2-4,6-7,9-13,20H,1,5,8,14,26H2,(H2,27,29). The highest BCUT2D eigenvalue weighted by atomic mass is 79.9. The van der Waals surface area contributed by atoms with Gasteiger partial charge in [-0.25, -0.2) is 14.6 Å². The molecule has 0 bridgehead atoms. The molecule has 9 heteroatoms. The molecule has 0 saturated carbocycles. The first-order chi connectivity index (χ1) is 16.0. The van der Waals surface area contributed by atoms with Crippen LogP contribution in [0.15, 0.2) is 70.5 Å². The SMILES string of the molecule is C=Nc1c(Br)cc(-n2cccn2)nc1N(Cc1cccnc1N)c1ccc2c(c1)CCC2N. The van der Waals surface area contributed by atoms with Crippen LogP contribution in [-0.2, 0) is 13.0 Å². The molecule has 0 spiro atoms. The van der Waals surface area contributed by atoms with Crippen molar-refractivity contribution in [1.82, 2.24) is 19.7 Å². The molecular weight excluding hydrogens is 480 g/mol. The number of hydrogen-bond acceptors (Lipinski definition) is 7. The zero-order valence-electron chi connectivity index (χ0n) is 17.9. The summed E-state index contributed by atoms with van der Waals surface area (Å²) in [5.41, 5.74) is 17.4. The van der Waals surface area contributed by atoms with E-state index >= 15 is 0 Å². The molecule has 3 aromatic heterocycles. The molecule has 0 radical (unpaired) electrons. The van der Waals surface area contributed by atoms with Gasteiger partial charge < -0.3 is 16.4 Å². The maximum Gasteiger partial charge on any atom is 0.162 e. The van der Waals surface area contributed by atoms with Gasteiger partial charge in [-0.1, -0.05) is 12.1 Å². The lowest BCUT2D eigenvalue weighted by atomic mass is 10.1. The van der Waals surface area contributed by atoms with Crippen LogP contribution in [-0.4, -0.2) is 26.5 Å². The highest BCUT2D eigenvalue weighted by molar-refractivity contribution is 9.10. The molecule has 8 nitrogen and oxygen atoms in total. The number of hydrogen-bond donors (Lipinski definition) is 2. The molecule has 33 heavy (non-hydrogen) atoms. The Morgan fingerprint density at radius 2 is 2.09 bits per heavy atom. The number of anilines is 3. The third-order valence-electron chi connectivity index (χ3n) is 5.88. The van der Waals surface area contributed by atoms with Crippen LogP contribution >= 0.6 is 15.9 Å². The molecule has 3 heterocycles. The van der Waals surface area contributed by atoms with Crippen LogP contribution < -0.4 is 16.4 Å². The average molecular weight is 503 g/mol. The van der Waals surface area contributed by atoms with Gasteiger partial charge in [0, 0.05) is 35.9 Å². The van der Waals surface area contributed by atoms with Gasteiger partial charge in [-0.2, -0.15) is 5.10 Å². The Balaban J connectivity index is 1.69. The molecule has 4 N–H and O–H groups in total. The highest BCUT2D eigenvalue weighted by Crippen LogP contribution is 2.41. The Morgan fingerprint density at radius 3 is 2.85 bits per heavy atom. The van der Waals surface area contributed by atoms with E-state index < -0.39 is 0 Å². The van der Waals surface area contributed by atoms with E-state index in [0.717, 1.165) is 28.6 Å². The molecule has 5 rings (SSSR count). The van der Waals surface area contributed by atoms with E-state index in [2.05, 4.69) is 60.8 Å². The smallest absolute Gasteiger partial charge is 0.162 e. The van der Waals surface area contributed by atoms with E-state index in [0.29, 0.717) is 29.7 Å². The monoisotopic (exact) mass is 502 g/mol. The van der Waals surface area contributed by atoms with Crippen LogP contribution in [0.5, 0.6) is 0 Å². The van der Waals surface area contributed by atoms with Crippen molar-refractivity contribution in [2.75, 3.05) is 10.6 Å². The first-order valence-electron chi connectivity index (χ1n) is 10.6. The van der Waals surface area contributed by atoms with E-state index in [1.165, 1.54) is 11.1 Å². The van der Waals surface area contributed by atoms with Gasteiger partial charge in [-0.15, -0.1) is 0 Å². The van der Waals surface area contributed by atoms with Crippen molar-refractivity contribution in [3.63, 3.8) is 0 Å². The summed E-state index contributed by atoms with van der Waals surface area (Å²) >= 11 is 3.65. The fourth-order valence-electron chi connectivity index (χ4n) is 4.19. The summed E-state index contributed by atoms with van der Waals surface area (Å²) in [6.45, 7) is 4.24. The first kappa shape index (κ1) is 21.3. The molecule has 1 unspecified atom stereocenters. The van der Waals surface area contributed by atoms with E-state index in [9.17, 15) is 0 Å². The number of pyridine rings is 2. The second kappa shape index (κ2) is 8.76. The number of halogens is 1. The first-order valence-corrected chi connectivity index (χ1v) is 11.4. The zero-order chi connectivity index (χ0) is 22.9. The average Bonchev–Trinajstić information content (AvgIpc) is 3.48. The van der Waals surface area contributed by atoms with Crippen molar-refractivity contribution < 1.29 is 0 Å². The number of nitrogens with two attached hydrogens (primary N) is 2. The van der Waals surface area contributed by atoms with Gasteiger partial charge in [-0.05, 0) is 76.9 Å². The summed E-state index contributed by atoms with van der Waals surface area (Å²) in [5.74, 6) is 1.76. The van der Waals surface area contributed by atoms with Crippen LogP contribution in [0, 0.1) is 0 Å². The number of nitrogen functional groups attached to an aromatic ring is 1. The van der Waals surface area contributed by atoms with Gasteiger partial charge in [0.2, 0.25) is 0 Å². The Hall–Kier alpha value is -3.56. The van der Waals surface area contributed by atoms with Gasteiger partial charge in [0.15, 0.2) is 11.6 Å². The second-order valence-corrected chi connectivity index (χ2v) is 8.76. The molecule has 1 aliphatic rings. The molecular formula is C24H23BrN8. The van der Waals surface area contributed by atoms with Gasteiger partial charge in [-0.3, -0.25) is 4.99 Å². The van der Waals surface area contributed by atoms with Crippen LogP contribution in [0.25, 0.3) is 5.82 Å². The van der Waals surface area contributed by atoms with Crippen LogP contribution in [0.3, 0.4) is 0 Å². The highest BCUT2D eigenvalue weighted by Gasteiger charge is 2.24. The minimum Gasteiger partial charge on any atom is -0.383 e. The van der Waals surface area contributed by atoms with Gasteiger partial charge >= 0.3 is 0 Å². The minimum absolute atomic E-state index is 0.0808. The summed E-state index contributed by atoms with van der Waals surface area (Å²) in [4.78, 5) is 15.6. The van der Waals surface area contributed by atoms with Gasteiger partial charge in [0.1, 0.15) is 11.5 Å². The summed E-state index contributed by atoms with van der Waals surface area (Å²) in [6, 6.07) is 14.0. The lowest BCUT2D eigenvalue weighted by Gasteiger charge is -2.27. The normalized spacial score (nSPS) is 14.8. The molecule has 0 aliphatic heterocycles. The molecule has 1 aromatic carbocycles. The fraction of sp³-hybridized carbons (Fsp3) is 0.167. The Labute approximate surface area is 200 Å². The van der Waals surface area contributed by atoms with Gasteiger partial charge in [0.05, 0.1) is 11.0 Å². The number of aryl methyl sites for hydroxylation is 1. The molecule has 1 atom stereocenters. The number of aromatic nitrogens is 4. The van der Waals surface area contributed by atoms with Crippen LogP contribution in [0.2, 0.25) is 0 Å². The van der Waals surface area contributed by atoms with E-state index in [-0.39, 0.29) is 6.04 Å². The Morgan fingerprint density at radius 1 is 1.21 bits per heavy atom. The summed E-state index contributed by atoms with van der Waals surface area (Å²) in [7, 11) is 0. The van der Waals surface area contributed by atoms with E-state index in [4.69, 9.17) is 16.5 Å². The quantitative estimate of drug-likeness (QED) is 0.372. The predicted molar refractivity (Wildman–Crippen MR) is 134 cm³/mol. The number of rotatable bonds is 6. The third kappa shape index (κ3) is 4.01. The lowest BCUT2D eigenvalue weighted by molar-refractivity contribution is 0.713. The Kier molecular flexibility index (Phi) is 5.65. The molecule has 0 amide bonds. The summed E-state index contributed by atoms with van der Waals surface area (Å²) < 4.78 is 2.47. The van der Waals surface area contributed by atoms with Crippen LogP contribution in [0.4, 0.5) is 23.0 Å². The van der Waals surface area contributed by atoms with Gasteiger partial charge in [0.25, 0.3) is 0 Å². The fourth-order valence-corrected chi connectivity index (χ4v) is 4.69. The minimum atomic E-state index is 0.0808. The lowest BCUT2D eigenvalue weighted by Crippen LogP contribution is -2.20. The Bertz CT molecular complexity index is 1320. The zero-order valence-corrected chi connectivity index (χ0v) is 19.5. The summed E-state index contributed by atoms with van der Waals surface area (Å²) in [5, 5.41) is 4.33. The van der Waals surface area contributed by atoms with Crippen molar-refractivity contribution in [2.24, 2.45) is 10.7 Å². The number of aliphatic imine (C=N–C) groups is 1. The van der Waals surface area contributed by atoms with Crippen molar-refractivity contribution in [1.29, 1.82) is 0 Å². The van der Waals surface area contributed by atoms with Crippen molar-refractivity contribution in [2.45, 2.75) is 25.4 Å². The molecule has 166 valence electrons. The van der Waals surface area contributed by atoms with Crippen molar-refractivity contribution >= 4 is 45.7 Å². The second-order valence-electron chi connectivity index (χ2n) is 7.91. The largest absolute Gasteiger partial charge is 0.383 e. The molecule has 4 aromatic rings. The number of fused-ring (bicyclic) bond motifs is 1. The van der Waals surface area contributed by atoms with Crippen LogP contribution in [0.1, 0.15) is 29.2 Å². The number of nitrogens with zero attached hydrogens (tertiary/aromatic N) is 6. The van der Waals surface area contributed by atoms with E-state index in [1.807, 2.05) is 30.5 Å². The maximum absolute atomic E-state index is 6.28. The molecule has 1 aliphatic carbocycles. The molecule has 0 saturated heterocycles. The number of benzene rings is 1. The summed E-state index contributed by atoms with van der Waals surface area (Å²) in [6.07, 6.45) is 7.15. The maximum atomic E-state index is 6.28. The van der Waals surface area contributed by atoms with Crippen molar-refractivity contribution in [3.8, 4) is 5.82 Å². The van der Waals surface area contributed by atoms with Crippen molar-refractivity contribution in [3.05, 3.63) is 82.2 Å². The third-order valence-corrected chi connectivity index (χ3v) is 6.49. The topological polar surface area (TPSA) is 111 Å². The molecule has 0 fully saturated rings. The predicted octanol–water partition coefficient (Wildman–Crippen LogP) is 4.62. The van der Waals surface area contributed by atoms with E-state index in [1.54, 1.807) is 17.1 Å².